The van der Waals surface area contributed by atoms with Gasteiger partial charge in [0.2, 0.25) is 5.91 Å². The average Bonchev–Trinajstić information content (AvgIpc) is 2.67. The number of amides is 1. The summed E-state index contributed by atoms with van der Waals surface area (Å²) in [6, 6.07) is 7.37. The molecule has 28 heavy (non-hydrogen) atoms. The molecule has 0 spiro atoms. The number of carbonyl (C=O) groups excluding carboxylic acids is 1. The Bertz CT molecular complexity index is 800. The van der Waals surface area contributed by atoms with Crippen LogP contribution < -0.4 is 15.6 Å². The predicted octanol–water partition coefficient (Wildman–Crippen LogP) is 3.11. The van der Waals surface area contributed by atoms with Crippen molar-refractivity contribution in [3.63, 3.8) is 0 Å². The Morgan fingerprint density at radius 3 is 2.61 bits per heavy atom. The number of unbranched alkanes of at least 4 members (excludes halogenated alkanes) is 1. The van der Waals surface area contributed by atoms with E-state index in [1.165, 1.54) is 0 Å². The van der Waals surface area contributed by atoms with Gasteiger partial charge in [0.05, 0.1) is 6.61 Å². The molecule has 0 aliphatic carbocycles. The van der Waals surface area contributed by atoms with Crippen molar-refractivity contribution < 1.29 is 9.53 Å². The molecule has 1 amide bonds. The van der Waals surface area contributed by atoms with Gasteiger partial charge in [0.1, 0.15) is 11.4 Å². The van der Waals surface area contributed by atoms with Crippen molar-refractivity contribution in [2.75, 3.05) is 13.2 Å². The summed E-state index contributed by atoms with van der Waals surface area (Å²) in [6.07, 6.45) is 3.52. The minimum absolute atomic E-state index is 0.0791. The minimum Gasteiger partial charge on any atom is -0.494 e. The van der Waals surface area contributed by atoms with Crippen LogP contribution in [0.5, 0.6) is 5.75 Å². The molecular formula is C21H30N4O3. The van der Waals surface area contributed by atoms with Crippen LogP contribution >= 0.6 is 0 Å². The van der Waals surface area contributed by atoms with E-state index in [4.69, 9.17) is 4.74 Å². The first-order chi connectivity index (χ1) is 13.5. The van der Waals surface area contributed by atoms with Crippen LogP contribution in [0.25, 0.3) is 11.4 Å². The van der Waals surface area contributed by atoms with Gasteiger partial charge in [0.15, 0.2) is 5.82 Å². The van der Waals surface area contributed by atoms with Crippen molar-refractivity contribution >= 4 is 5.91 Å². The molecule has 2 rings (SSSR count). The number of ether oxygens (including phenoxy) is 1. The van der Waals surface area contributed by atoms with Gasteiger partial charge < -0.3 is 15.0 Å². The lowest BCUT2D eigenvalue weighted by molar-refractivity contribution is -0.121. The largest absolute Gasteiger partial charge is 0.494 e. The van der Waals surface area contributed by atoms with E-state index in [0.29, 0.717) is 24.9 Å². The van der Waals surface area contributed by atoms with E-state index in [1.54, 1.807) is 0 Å². The Balaban J connectivity index is 1.91. The van der Waals surface area contributed by atoms with E-state index in [2.05, 4.69) is 41.3 Å². The lowest BCUT2D eigenvalue weighted by atomic mass is 10.1. The molecule has 0 aliphatic heterocycles. The van der Waals surface area contributed by atoms with Crippen LogP contribution in [0.3, 0.4) is 0 Å². The quantitative estimate of drug-likeness (QED) is 0.579. The van der Waals surface area contributed by atoms with Gasteiger partial charge in [-0.15, -0.1) is 10.2 Å². The second kappa shape index (κ2) is 11.2. The molecule has 0 aliphatic rings. The molecular weight excluding hydrogens is 356 g/mol. The number of aromatic nitrogens is 3. The summed E-state index contributed by atoms with van der Waals surface area (Å²) in [5.41, 5.74) is 0.705. The summed E-state index contributed by atoms with van der Waals surface area (Å²) < 4.78 is 5.63. The Morgan fingerprint density at radius 1 is 1.21 bits per heavy atom. The van der Waals surface area contributed by atoms with Gasteiger partial charge in [-0.3, -0.25) is 9.59 Å². The van der Waals surface area contributed by atoms with Crippen LogP contribution in [0.4, 0.5) is 0 Å². The van der Waals surface area contributed by atoms with Gasteiger partial charge >= 0.3 is 0 Å². The van der Waals surface area contributed by atoms with Crippen molar-refractivity contribution in [3.05, 3.63) is 40.3 Å². The van der Waals surface area contributed by atoms with Gasteiger partial charge in [-0.25, -0.2) is 0 Å². The van der Waals surface area contributed by atoms with E-state index >= 15 is 0 Å². The number of carbonyl (C=O) groups is 1. The smallest absolute Gasteiger partial charge is 0.273 e. The molecule has 1 aromatic heterocycles. The Morgan fingerprint density at radius 2 is 1.96 bits per heavy atom. The van der Waals surface area contributed by atoms with Crippen molar-refractivity contribution in [2.45, 2.75) is 52.9 Å². The molecule has 0 unspecified atom stereocenters. The highest BCUT2D eigenvalue weighted by molar-refractivity contribution is 5.76. The third kappa shape index (κ3) is 7.13. The Labute approximate surface area is 165 Å². The second-order valence-corrected chi connectivity index (χ2v) is 7.21. The normalized spacial score (nSPS) is 10.9. The first-order valence-electron chi connectivity index (χ1n) is 9.95. The van der Waals surface area contributed by atoms with E-state index in [1.807, 2.05) is 24.3 Å². The summed E-state index contributed by atoms with van der Waals surface area (Å²) in [7, 11) is 0. The number of nitrogens with zero attached hydrogens (tertiary/aromatic N) is 2. The maximum Gasteiger partial charge on any atom is 0.273 e. The summed E-state index contributed by atoms with van der Waals surface area (Å²) >= 11 is 0. The molecule has 2 N–H and O–H groups in total. The molecule has 1 aromatic carbocycles. The van der Waals surface area contributed by atoms with Gasteiger partial charge in [-0.2, -0.15) is 0 Å². The van der Waals surface area contributed by atoms with Crippen molar-refractivity contribution in [1.82, 2.24) is 20.5 Å². The molecule has 1 heterocycles. The highest BCUT2D eigenvalue weighted by Crippen LogP contribution is 2.18. The Hall–Kier alpha value is -2.70. The number of nitrogens with one attached hydrogen (secondary N) is 2. The summed E-state index contributed by atoms with van der Waals surface area (Å²) in [4.78, 5) is 26.8. The van der Waals surface area contributed by atoms with Gasteiger partial charge in [-0.1, -0.05) is 27.2 Å². The second-order valence-electron chi connectivity index (χ2n) is 7.21. The molecule has 0 radical (unpaired) electrons. The van der Waals surface area contributed by atoms with Gasteiger partial charge in [-0.05, 0) is 43.0 Å². The fourth-order valence-corrected chi connectivity index (χ4v) is 2.52. The first-order valence-corrected chi connectivity index (χ1v) is 9.95. The van der Waals surface area contributed by atoms with Crippen LogP contribution in [0.2, 0.25) is 0 Å². The fraction of sp³-hybridized carbons (Fsp3) is 0.524. The SMILES string of the molecule is CCCCOc1ccc(-c2nnc(CCC(=O)NCCC(C)C)c(=O)[nH]2)cc1. The van der Waals surface area contributed by atoms with Crippen molar-refractivity contribution in [3.8, 4) is 17.1 Å². The summed E-state index contributed by atoms with van der Waals surface area (Å²) in [6.45, 7) is 7.66. The van der Waals surface area contributed by atoms with Crippen LogP contribution in [-0.2, 0) is 11.2 Å². The molecule has 7 heteroatoms. The number of aryl methyl sites for hydroxylation is 1. The van der Waals surface area contributed by atoms with E-state index in [-0.39, 0.29) is 30.0 Å². The third-order valence-corrected chi connectivity index (χ3v) is 4.29. The summed E-state index contributed by atoms with van der Waals surface area (Å²) in [5.74, 6) is 1.64. The first kappa shape index (κ1) is 21.6. The number of hydrogen-bond acceptors (Lipinski definition) is 5. The van der Waals surface area contributed by atoms with E-state index in [0.717, 1.165) is 30.6 Å². The highest BCUT2D eigenvalue weighted by Gasteiger charge is 2.10. The van der Waals surface area contributed by atoms with E-state index < -0.39 is 0 Å². The molecule has 2 aromatic rings. The van der Waals surface area contributed by atoms with Gasteiger partial charge in [0, 0.05) is 24.9 Å². The lowest BCUT2D eigenvalue weighted by Gasteiger charge is -2.07. The summed E-state index contributed by atoms with van der Waals surface area (Å²) in [5, 5.41) is 11.0. The number of aromatic amines is 1. The number of hydrogen-bond donors (Lipinski definition) is 2. The maximum absolute atomic E-state index is 12.3. The van der Waals surface area contributed by atoms with E-state index in [9.17, 15) is 9.59 Å². The molecule has 0 fully saturated rings. The van der Waals surface area contributed by atoms with Crippen molar-refractivity contribution in [2.24, 2.45) is 5.92 Å². The lowest BCUT2D eigenvalue weighted by Crippen LogP contribution is -2.27. The predicted molar refractivity (Wildman–Crippen MR) is 109 cm³/mol. The molecule has 0 atom stereocenters. The zero-order chi connectivity index (χ0) is 20.4. The fourth-order valence-electron chi connectivity index (χ4n) is 2.52. The molecule has 0 bridgehead atoms. The number of rotatable bonds is 11. The number of benzene rings is 1. The average molecular weight is 386 g/mol. The monoisotopic (exact) mass is 386 g/mol. The van der Waals surface area contributed by atoms with Crippen LogP contribution in [0.15, 0.2) is 29.1 Å². The highest BCUT2D eigenvalue weighted by atomic mass is 16.5. The zero-order valence-corrected chi connectivity index (χ0v) is 17.0. The number of H-pyrrole nitrogens is 1. The molecule has 7 nitrogen and oxygen atoms in total. The molecule has 0 saturated heterocycles. The molecule has 152 valence electrons. The van der Waals surface area contributed by atoms with Gasteiger partial charge in [0.25, 0.3) is 5.56 Å². The zero-order valence-electron chi connectivity index (χ0n) is 17.0. The Kier molecular flexibility index (Phi) is 8.65. The van der Waals surface area contributed by atoms with Crippen LogP contribution in [-0.4, -0.2) is 34.2 Å². The maximum atomic E-state index is 12.3. The standard InChI is InChI=1S/C21H30N4O3/c1-4-5-14-28-17-8-6-16(7-9-17)20-23-21(27)18(24-25-20)10-11-19(26)22-13-12-15(2)3/h6-9,15H,4-5,10-14H2,1-3H3,(H,22,26)(H,23,25,27). The topological polar surface area (TPSA) is 97.0 Å². The van der Waals surface area contributed by atoms with Crippen LogP contribution in [0, 0.1) is 5.92 Å². The van der Waals surface area contributed by atoms with Crippen LogP contribution in [0.1, 0.15) is 52.1 Å². The van der Waals surface area contributed by atoms with Crippen molar-refractivity contribution in [1.29, 1.82) is 0 Å². The molecule has 0 saturated carbocycles. The minimum atomic E-state index is -0.316. The third-order valence-electron chi connectivity index (χ3n) is 4.29.